The minimum Gasteiger partial charge on any atom is -0.466 e. The van der Waals surface area contributed by atoms with E-state index < -0.39 is 0 Å². The Hall–Kier alpha value is -1.35. The fourth-order valence-electron chi connectivity index (χ4n) is 3.77. The summed E-state index contributed by atoms with van der Waals surface area (Å²) in [6.07, 6.45) is 36.2. The lowest BCUT2D eigenvalue weighted by atomic mass is 10.1. The summed E-state index contributed by atoms with van der Waals surface area (Å²) in [6, 6.07) is 0. The first-order valence-corrected chi connectivity index (χ1v) is 14.0. The van der Waals surface area contributed by atoms with Crippen LogP contribution in [0.4, 0.5) is 0 Å². The average molecular weight is 463 g/mol. The van der Waals surface area contributed by atoms with Crippen LogP contribution in [0.1, 0.15) is 135 Å². The average Bonchev–Trinajstić information content (AvgIpc) is 2.82. The fraction of sp³-hybridized carbons (Fsp3) is 0.767. The standard InChI is InChI=1S/C30H54O3/c1-2-3-4-5-6-7-8-9-10-11-12-15-18-21-24-27-30(32)33-29-26-23-20-17-14-13-16-19-22-25-28-31/h3-4,6-7,9-10,31H,2,5,8,11-29H2,1H3/b4-3-,7-6-,10-9-. The van der Waals surface area contributed by atoms with Crippen LogP contribution in [0.2, 0.25) is 0 Å². The van der Waals surface area contributed by atoms with E-state index in [2.05, 4.69) is 43.4 Å². The molecule has 0 saturated heterocycles. The molecule has 0 atom stereocenters. The highest BCUT2D eigenvalue weighted by atomic mass is 16.5. The van der Waals surface area contributed by atoms with Gasteiger partial charge in [0.2, 0.25) is 0 Å². The normalized spacial score (nSPS) is 11.9. The zero-order valence-corrected chi connectivity index (χ0v) is 21.8. The van der Waals surface area contributed by atoms with E-state index in [0.717, 1.165) is 57.8 Å². The van der Waals surface area contributed by atoms with Gasteiger partial charge in [-0.1, -0.05) is 114 Å². The zero-order valence-electron chi connectivity index (χ0n) is 21.8. The summed E-state index contributed by atoms with van der Waals surface area (Å²) in [7, 11) is 0. The van der Waals surface area contributed by atoms with E-state index in [1.54, 1.807) is 0 Å². The van der Waals surface area contributed by atoms with Gasteiger partial charge in [0.25, 0.3) is 0 Å². The third-order valence-corrected chi connectivity index (χ3v) is 5.85. The summed E-state index contributed by atoms with van der Waals surface area (Å²) in [5, 5.41) is 8.74. The molecule has 0 spiro atoms. The van der Waals surface area contributed by atoms with Crippen molar-refractivity contribution in [2.24, 2.45) is 0 Å². The van der Waals surface area contributed by atoms with E-state index in [0.29, 0.717) is 19.6 Å². The summed E-state index contributed by atoms with van der Waals surface area (Å²) in [4.78, 5) is 11.8. The molecule has 0 aromatic rings. The van der Waals surface area contributed by atoms with Gasteiger partial charge in [-0.3, -0.25) is 4.79 Å². The number of hydrogen-bond donors (Lipinski definition) is 1. The molecule has 1 N–H and O–H groups in total. The largest absolute Gasteiger partial charge is 0.466 e. The van der Waals surface area contributed by atoms with E-state index in [1.807, 2.05) is 0 Å². The molecular formula is C30H54O3. The van der Waals surface area contributed by atoms with Crippen LogP contribution in [-0.2, 0) is 9.53 Å². The zero-order chi connectivity index (χ0) is 24.1. The Kier molecular flexibility index (Phi) is 27.5. The molecule has 3 heteroatoms. The van der Waals surface area contributed by atoms with Crippen molar-refractivity contribution < 1.29 is 14.6 Å². The summed E-state index contributed by atoms with van der Waals surface area (Å²) in [5.74, 6) is -0.0148. The van der Waals surface area contributed by atoms with E-state index >= 15 is 0 Å². The Morgan fingerprint density at radius 1 is 0.606 bits per heavy atom. The quantitative estimate of drug-likeness (QED) is 0.0836. The first-order chi connectivity index (χ1) is 16.3. The van der Waals surface area contributed by atoms with Crippen LogP contribution in [-0.4, -0.2) is 24.3 Å². The molecule has 0 aromatic heterocycles. The van der Waals surface area contributed by atoms with Crippen LogP contribution >= 0.6 is 0 Å². The highest BCUT2D eigenvalue weighted by Gasteiger charge is 2.02. The number of aliphatic hydroxyl groups is 1. The van der Waals surface area contributed by atoms with Gasteiger partial charge < -0.3 is 9.84 Å². The first kappa shape index (κ1) is 31.6. The third kappa shape index (κ3) is 28.6. The van der Waals surface area contributed by atoms with Crippen LogP contribution in [0, 0.1) is 0 Å². The van der Waals surface area contributed by atoms with Crippen molar-refractivity contribution in [3.8, 4) is 0 Å². The molecule has 0 aliphatic rings. The van der Waals surface area contributed by atoms with Gasteiger partial charge in [0.05, 0.1) is 6.61 Å². The van der Waals surface area contributed by atoms with Crippen molar-refractivity contribution in [3.05, 3.63) is 36.5 Å². The molecule has 0 aliphatic heterocycles. The Morgan fingerprint density at radius 2 is 1.09 bits per heavy atom. The second-order valence-electron chi connectivity index (χ2n) is 9.08. The van der Waals surface area contributed by atoms with Gasteiger partial charge in [-0.25, -0.2) is 0 Å². The molecule has 0 aromatic carbocycles. The minimum absolute atomic E-state index is 0.0148. The Morgan fingerprint density at radius 3 is 1.70 bits per heavy atom. The number of ether oxygens (including phenoxy) is 1. The van der Waals surface area contributed by atoms with Gasteiger partial charge in [-0.15, -0.1) is 0 Å². The topological polar surface area (TPSA) is 46.5 Å². The molecule has 0 radical (unpaired) electrons. The molecule has 0 saturated carbocycles. The monoisotopic (exact) mass is 462 g/mol. The maximum absolute atomic E-state index is 11.8. The van der Waals surface area contributed by atoms with Gasteiger partial charge in [0.1, 0.15) is 0 Å². The van der Waals surface area contributed by atoms with Crippen LogP contribution in [0.15, 0.2) is 36.5 Å². The van der Waals surface area contributed by atoms with Gasteiger partial charge in [-0.2, -0.15) is 0 Å². The maximum Gasteiger partial charge on any atom is 0.305 e. The van der Waals surface area contributed by atoms with Crippen molar-refractivity contribution >= 4 is 5.97 Å². The predicted molar refractivity (Wildman–Crippen MR) is 143 cm³/mol. The fourth-order valence-corrected chi connectivity index (χ4v) is 3.77. The summed E-state index contributed by atoms with van der Waals surface area (Å²) in [6.45, 7) is 3.09. The number of unbranched alkanes of at least 4 members (excludes halogenated alkanes) is 14. The number of hydrogen-bond acceptors (Lipinski definition) is 3. The Labute approximate surface area is 205 Å². The molecular weight excluding hydrogens is 408 g/mol. The van der Waals surface area contributed by atoms with Crippen molar-refractivity contribution in [1.82, 2.24) is 0 Å². The van der Waals surface area contributed by atoms with Crippen molar-refractivity contribution in [3.63, 3.8) is 0 Å². The van der Waals surface area contributed by atoms with E-state index in [4.69, 9.17) is 9.84 Å². The predicted octanol–water partition coefficient (Wildman–Crippen LogP) is 9.01. The van der Waals surface area contributed by atoms with Crippen LogP contribution in [0.5, 0.6) is 0 Å². The molecule has 3 nitrogen and oxygen atoms in total. The first-order valence-electron chi connectivity index (χ1n) is 14.0. The Bertz CT molecular complexity index is 479. The number of carbonyl (C=O) groups is 1. The van der Waals surface area contributed by atoms with Crippen molar-refractivity contribution in [2.75, 3.05) is 13.2 Å². The molecule has 192 valence electrons. The molecule has 0 rings (SSSR count). The van der Waals surface area contributed by atoms with E-state index in [-0.39, 0.29) is 5.97 Å². The Balaban J connectivity index is 3.26. The van der Waals surface area contributed by atoms with Gasteiger partial charge in [-0.05, 0) is 51.4 Å². The van der Waals surface area contributed by atoms with Crippen molar-refractivity contribution in [1.29, 1.82) is 0 Å². The number of rotatable bonds is 25. The van der Waals surface area contributed by atoms with E-state index in [9.17, 15) is 4.79 Å². The molecule has 0 fully saturated rings. The lowest BCUT2D eigenvalue weighted by Crippen LogP contribution is -2.05. The molecule has 0 aliphatic carbocycles. The maximum atomic E-state index is 11.8. The van der Waals surface area contributed by atoms with Gasteiger partial charge in [0, 0.05) is 13.0 Å². The minimum atomic E-state index is -0.0148. The molecule has 0 bridgehead atoms. The number of allylic oxidation sites excluding steroid dienone is 6. The van der Waals surface area contributed by atoms with Crippen molar-refractivity contribution in [2.45, 2.75) is 135 Å². The van der Waals surface area contributed by atoms with Crippen LogP contribution in [0.3, 0.4) is 0 Å². The lowest BCUT2D eigenvalue weighted by Gasteiger charge is -2.05. The summed E-state index contributed by atoms with van der Waals surface area (Å²) < 4.78 is 5.37. The number of carbonyl (C=O) groups excluding carboxylic acids is 1. The summed E-state index contributed by atoms with van der Waals surface area (Å²) >= 11 is 0. The highest BCUT2D eigenvalue weighted by Crippen LogP contribution is 2.11. The SMILES string of the molecule is CC/C=C\C/C=C\C/C=C\CCCCCCCC(=O)OCCCCCCCCCCCCO. The lowest BCUT2D eigenvalue weighted by molar-refractivity contribution is -0.143. The van der Waals surface area contributed by atoms with Crippen LogP contribution < -0.4 is 0 Å². The highest BCUT2D eigenvalue weighted by molar-refractivity contribution is 5.69. The number of esters is 1. The molecule has 33 heavy (non-hydrogen) atoms. The smallest absolute Gasteiger partial charge is 0.305 e. The second-order valence-corrected chi connectivity index (χ2v) is 9.08. The number of aliphatic hydroxyl groups excluding tert-OH is 1. The van der Waals surface area contributed by atoms with Crippen LogP contribution in [0.25, 0.3) is 0 Å². The third-order valence-electron chi connectivity index (χ3n) is 5.85. The molecule has 0 unspecified atom stereocenters. The molecule has 0 amide bonds. The van der Waals surface area contributed by atoms with Gasteiger partial charge in [0.15, 0.2) is 0 Å². The molecule has 0 heterocycles. The van der Waals surface area contributed by atoms with E-state index in [1.165, 1.54) is 64.2 Å². The second kappa shape index (κ2) is 28.7. The summed E-state index contributed by atoms with van der Waals surface area (Å²) in [5.41, 5.74) is 0. The van der Waals surface area contributed by atoms with Gasteiger partial charge >= 0.3 is 5.97 Å².